The molecular formula is C15H22O2. The van der Waals surface area contributed by atoms with Gasteiger partial charge in [0.15, 0.2) is 5.78 Å². The first-order chi connectivity index (χ1) is 7.79. The molecule has 0 aromatic carbocycles. The maximum Gasteiger partial charge on any atom is 0.156 e. The van der Waals surface area contributed by atoms with Crippen LogP contribution < -0.4 is 0 Å². The number of Topliss-reactive ketones (excluding diaryl/α,β-unsaturated/α-hetero) is 1. The molecule has 0 saturated heterocycles. The van der Waals surface area contributed by atoms with Crippen LogP contribution in [-0.4, -0.2) is 11.6 Å². The van der Waals surface area contributed by atoms with Gasteiger partial charge in [-0.15, -0.1) is 0 Å². The Kier molecular flexibility index (Phi) is 2.80. The highest BCUT2D eigenvalue weighted by Crippen LogP contribution is 2.65. The molecule has 17 heavy (non-hydrogen) atoms. The maximum absolute atomic E-state index is 12.1. The molecule has 0 aliphatic heterocycles. The molecule has 0 N–H and O–H groups in total. The first-order valence-electron chi connectivity index (χ1n) is 6.50. The van der Waals surface area contributed by atoms with Gasteiger partial charge in [0, 0.05) is 18.3 Å². The topological polar surface area (TPSA) is 34.1 Å². The average molecular weight is 234 g/mol. The number of ketones is 2. The lowest BCUT2D eigenvalue weighted by Crippen LogP contribution is -2.36. The Labute approximate surface area is 103 Å². The first-order valence-corrected chi connectivity index (χ1v) is 6.50. The molecular weight excluding hydrogens is 212 g/mol. The van der Waals surface area contributed by atoms with Gasteiger partial charge in [0.05, 0.1) is 0 Å². The molecule has 0 spiro atoms. The van der Waals surface area contributed by atoms with Crippen molar-refractivity contribution in [3.05, 3.63) is 11.6 Å². The summed E-state index contributed by atoms with van der Waals surface area (Å²) >= 11 is 0. The number of rotatable bonds is 3. The van der Waals surface area contributed by atoms with Gasteiger partial charge < -0.3 is 0 Å². The van der Waals surface area contributed by atoms with Crippen LogP contribution in [-0.2, 0) is 9.59 Å². The molecule has 3 atom stereocenters. The molecule has 2 aliphatic carbocycles. The van der Waals surface area contributed by atoms with Gasteiger partial charge >= 0.3 is 0 Å². The Morgan fingerprint density at radius 1 is 1.41 bits per heavy atom. The molecule has 0 aromatic heterocycles. The highest BCUT2D eigenvalue weighted by molar-refractivity contribution is 5.94. The van der Waals surface area contributed by atoms with Gasteiger partial charge in [0.2, 0.25) is 0 Å². The summed E-state index contributed by atoms with van der Waals surface area (Å²) in [7, 11) is 0. The predicted molar refractivity (Wildman–Crippen MR) is 67.6 cm³/mol. The Hall–Kier alpha value is -0.920. The summed E-state index contributed by atoms with van der Waals surface area (Å²) in [5.74, 6) is 0.982. The molecule has 2 bridgehead atoms. The normalized spacial score (nSPS) is 39.5. The molecule has 0 aromatic rings. The standard InChI is InChI=1S/C15H22O2/c1-10(2)7-12(16)9-15(4)11-5-6-14(15,3)13(17)8-11/h7,11H,5-6,8-9H2,1-4H3. The second-order valence-electron chi connectivity index (χ2n) is 6.48. The van der Waals surface area contributed by atoms with Gasteiger partial charge in [0.1, 0.15) is 5.78 Å². The van der Waals surface area contributed by atoms with Crippen molar-refractivity contribution in [2.45, 2.75) is 53.4 Å². The number of fused-ring (bicyclic) bond motifs is 2. The van der Waals surface area contributed by atoms with Crippen LogP contribution in [0.25, 0.3) is 0 Å². The van der Waals surface area contributed by atoms with E-state index in [-0.39, 0.29) is 16.6 Å². The van der Waals surface area contributed by atoms with Crippen LogP contribution in [0.5, 0.6) is 0 Å². The van der Waals surface area contributed by atoms with E-state index in [1.807, 2.05) is 13.8 Å². The number of hydrogen-bond acceptors (Lipinski definition) is 2. The van der Waals surface area contributed by atoms with E-state index < -0.39 is 0 Å². The third kappa shape index (κ3) is 1.69. The smallest absolute Gasteiger partial charge is 0.156 e. The van der Waals surface area contributed by atoms with Crippen molar-refractivity contribution in [1.29, 1.82) is 0 Å². The van der Waals surface area contributed by atoms with Gasteiger partial charge in [-0.05, 0) is 44.1 Å². The molecule has 2 rings (SSSR count). The van der Waals surface area contributed by atoms with Crippen molar-refractivity contribution in [3.63, 3.8) is 0 Å². The highest BCUT2D eigenvalue weighted by atomic mass is 16.1. The summed E-state index contributed by atoms with van der Waals surface area (Å²) < 4.78 is 0. The van der Waals surface area contributed by atoms with E-state index in [1.54, 1.807) is 6.08 Å². The third-order valence-electron chi connectivity index (χ3n) is 5.19. The van der Waals surface area contributed by atoms with Crippen LogP contribution >= 0.6 is 0 Å². The second-order valence-corrected chi connectivity index (χ2v) is 6.48. The molecule has 2 nitrogen and oxygen atoms in total. The van der Waals surface area contributed by atoms with Crippen molar-refractivity contribution in [2.24, 2.45) is 16.7 Å². The van der Waals surface area contributed by atoms with Crippen molar-refractivity contribution in [3.8, 4) is 0 Å². The summed E-state index contributed by atoms with van der Waals surface area (Å²) in [6.45, 7) is 8.09. The Morgan fingerprint density at radius 3 is 2.47 bits per heavy atom. The lowest BCUT2D eigenvalue weighted by atomic mass is 9.66. The van der Waals surface area contributed by atoms with E-state index in [4.69, 9.17) is 0 Å². The molecule has 0 radical (unpaired) electrons. The number of hydrogen-bond donors (Lipinski definition) is 0. The third-order valence-corrected chi connectivity index (χ3v) is 5.19. The molecule has 0 amide bonds. The van der Waals surface area contributed by atoms with Gasteiger partial charge in [-0.2, -0.15) is 0 Å². The summed E-state index contributed by atoms with van der Waals surface area (Å²) in [6.07, 6.45) is 5.02. The average Bonchev–Trinajstić information content (AvgIpc) is 2.50. The fraction of sp³-hybridized carbons (Fsp3) is 0.733. The molecule has 2 heteroatoms. The number of allylic oxidation sites excluding steroid dienone is 2. The zero-order valence-electron chi connectivity index (χ0n) is 11.3. The minimum atomic E-state index is -0.247. The molecule has 0 heterocycles. The van der Waals surface area contributed by atoms with E-state index in [0.717, 1.165) is 18.4 Å². The lowest BCUT2D eigenvalue weighted by Gasteiger charge is -2.35. The van der Waals surface area contributed by atoms with Crippen LogP contribution in [0.4, 0.5) is 0 Å². The Morgan fingerprint density at radius 2 is 2.06 bits per heavy atom. The van der Waals surface area contributed by atoms with Crippen LogP contribution in [0.1, 0.15) is 53.4 Å². The first kappa shape index (κ1) is 12.5. The van der Waals surface area contributed by atoms with E-state index in [0.29, 0.717) is 24.5 Å². The van der Waals surface area contributed by atoms with Gasteiger partial charge in [-0.25, -0.2) is 0 Å². The molecule has 3 unspecified atom stereocenters. The summed E-state index contributed by atoms with van der Waals surface area (Å²) in [6, 6.07) is 0. The van der Waals surface area contributed by atoms with E-state index in [1.165, 1.54) is 0 Å². The minimum Gasteiger partial charge on any atom is -0.299 e. The van der Waals surface area contributed by atoms with Crippen molar-refractivity contribution < 1.29 is 9.59 Å². The number of carbonyl (C=O) groups excluding carboxylic acids is 2. The highest BCUT2D eigenvalue weighted by Gasteiger charge is 2.63. The predicted octanol–water partition coefficient (Wildman–Crippen LogP) is 3.31. The van der Waals surface area contributed by atoms with Crippen molar-refractivity contribution in [2.75, 3.05) is 0 Å². The number of carbonyl (C=O) groups is 2. The fourth-order valence-electron chi connectivity index (χ4n) is 3.83. The van der Waals surface area contributed by atoms with E-state index in [2.05, 4.69) is 13.8 Å². The lowest BCUT2D eigenvalue weighted by molar-refractivity contribution is -0.129. The minimum absolute atomic E-state index is 0.104. The van der Waals surface area contributed by atoms with Gasteiger partial charge in [0.25, 0.3) is 0 Å². The van der Waals surface area contributed by atoms with Gasteiger partial charge in [-0.1, -0.05) is 19.4 Å². The summed E-state index contributed by atoms with van der Waals surface area (Å²) in [5.41, 5.74) is 0.691. The van der Waals surface area contributed by atoms with Crippen LogP contribution in [0.15, 0.2) is 11.6 Å². The summed E-state index contributed by atoms with van der Waals surface area (Å²) in [4.78, 5) is 24.0. The van der Waals surface area contributed by atoms with Crippen LogP contribution in [0.2, 0.25) is 0 Å². The van der Waals surface area contributed by atoms with E-state index in [9.17, 15) is 9.59 Å². The van der Waals surface area contributed by atoms with Crippen molar-refractivity contribution in [1.82, 2.24) is 0 Å². The van der Waals surface area contributed by atoms with Crippen LogP contribution in [0, 0.1) is 16.7 Å². The fourth-order valence-corrected chi connectivity index (χ4v) is 3.83. The zero-order chi connectivity index (χ0) is 12.8. The van der Waals surface area contributed by atoms with Gasteiger partial charge in [-0.3, -0.25) is 9.59 Å². The monoisotopic (exact) mass is 234 g/mol. The molecule has 2 fully saturated rings. The summed E-state index contributed by atoms with van der Waals surface area (Å²) in [5, 5.41) is 0. The van der Waals surface area contributed by atoms with E-state index >= 15 is 0 Å². The largest absolute Gasteiger partial charge is 0.299 e. The molecule has 2 saturated carbocycles. The second kappa shape index (κ2) is 3.79. The molecule has 94 valence electrons. The quantitative estimate of drug-likeness (QED) is 0.702. The SMILES string of the molecule is CC(C)=CC(=O)CC1(C)C2CCC1(C)C(=O)C2. The Bertz CT molecular complexity index is 403. The van der Waals surface area contributed by atoms with Crippen LogP contribution in [0.3, 0.4) is 0 Å². The maximum atomic E-state index is 12.1. The van der Waals surface area contributed by atoms with Crippen molar-refractivity contribution >= 4 is 11.6 Å². The zero-order valence-corrected chi connectivity index (χ0v) is 11.3. The Balaban J connectivity index is 2.24. The molecule has 2 aliphatic rings.